The van der Waals surface area contributed by atoms with Gasteiger partial charge in [-0.2, -0.15) is 0 Å². The van der Waals surface area contributed by atoms with Gasteiger partial charge in [0.15, 0.2) is 6.10 Å². The van der Waals surface area contributed by atoms with Crippen LogP contribution in [0, 0.1) is 0 Å². The third kappa shape index (κ3) is 37.9. The molecule has 0 aromatic heterocycles. The zero-order valence-electron chi connectivity index (χ0n) is 32.8. The van der Waals surface area contributed by atoms with Gasteiger partial charge < -0.3 is 14.2 Å². The van der Waals surface area contributed by atoms with Gasteiger partial charge in [-0.3, -0.25) is 14.4 Å². The molecule has 0 heterocycles. The lowest BCUT2D eigenvalue weighted by molar-refractivity contribution is -0.167. The second-order valence-corrected chi connectivity index (χ2v) is 13.2. The Morgan fingerprint density at radius 3 is 1.33 bits per heavy atom. The molecule has 290 valence electrons. The number of carbonyl (C=O) groups excluding carboxylic acids is 3. The molecule has 0 aliphatic heterocycles. The standard InChI is InChI=1S/C45H74O6/c1-4-7-10-13-16-19-20-21-22-23-24-27-29-32-35-38-44(47)50-41-42(51-45(48)39-36-33-30-26-18-15-12-9-6-3)40-49-43(46)37-34-31-28-25-17-14-11-8-5-2/h7,10,13,16,19-22,25-26,28,30,42H,4-6,8-9,11-12,14-15,17-18,23-24,27,29,31-41H2,1-3H3/b10-7-,16-13-,20-19-,22-21-,28-25-,30-26-. The van der Waals surface area contributed by atoms with E-state index in [1.807, 2.05) is 24.3 Å². The fourth-order valence-corrected chi connectivity index (χ4v) is 5.16. The summed E-state index contributed by atoms with van der Waals surface area (Å²) in [6.45, 7) is 6.32. The molecule has 0 bridgehead atoms. The van der Waals surface area contributed by atoms with Gasteiger partial charge in [-0.25, -0.2) is 0 Å². The molecule has 0 aliphatic rings. The molecule has 6 nitrogen and oxygen atoms in total. The molecule has 0 spiro atoms. The Labute approximate surface area is 312 Å². The number of rotatable bonds is 35. The predicted molar refractivity (Wildman–Crippen MR) is 214 cm³/mol. The average molecular weight is 711 g/mol. The molecule has 0 radical (unpaired) electrons. The molecule has 0 saturated heterocycles. The van der Waals surface area contributed by atoms with E-state index in [2.05, 4.69) is 69.4 Å². The van der Waals surface area contributed by atoms with Crippen molar-refractivity contribution in [2.45, 2.75) is 181 Å². The maximum Gasteiger partial charge on any atom is 0.306 e. The van der Waals surface area contributed by atoms with E-state index in [4.69, 9.17) is 14.2 Å². The van der Waals surface area contributed by atoms with Gasteiger partial charge in [0.05, 0.1) is 0 Å². The van der Waals surface area contributed by atoms with Crippen LogP contribution in [-0.4, -0.2) is 37.2 Å². The largest absolute Gasteiger partial charge is 0.462 e. The molecule has 51 heavy (non-hydrogen) atoms. The van der Waals surface area contributed by atoms with Gasteiger partial charge in [-0.1, -0.05) is 151 Å². The third-order valence-corrected chi connectivity index (χ3v) is 8.26. The lowest BCUT2D eigenvalue weighted by Crippen LogP contribution is -2.30. The first-order valence-electron chi connectivity index (χ1n) is 20.5. The molecule has 0 fully saturated rings. The Kier molecular flexibility index (Phi) is 37.2. The van der Waals surface area contributed by atoms with Gasteiger partial charge in [0.1, 0.15) is 13.2 Å². The van der Waals surface area contributed by atoms with Crippen LogP contribution in [0.1, 0.15) is 175 Å². The predicted octanol–water partition coefficient (Wildman–Crippen LogP) is 12.7. The summed E-state index contributed by atoms with van der Waals surface area (Å²) in [4.78, 5) is 37.4. The lowest BCUT2D eigenvalue weighted by atomic mass is 10.1. The second-order valence-electron chi connectivity index (χ2n) is 13.2. The molecule has 0 aliphatic carbocycles. The fraction of sp³-hybridized carbons (Fsp3) is 0.667. The highest BCUT2D eigenvalue weighted by atomic mass is 16.6. The van der Waals surface area contributed by atoms with Crippen molar-refractivity contribution in [1.29, 1.82) is 0 Å². The number of ether oxygens (including phenoxy) is 3. The summed E-state index contributed by atoms with van der Waals surface area (Å²) in [5.74, 6) is -1.01. The Balaban J connectivity index is 4.46. The van der Waals surface area contributed by atoms with Crippen LogP contribution in [0.5, 0.6) is 0 Å². The van der Waals surface area contributed by atoms with E-state index in [1.54, 1.807) is 0 Å². The zero-order valence-corrected chi connectivity index (χ0v) is 32.8. The van der Waals surface area contributed by atoms with Crippen LogP contribution in [0.25, 0.3) is 0 Å². The van der Waals surface area contributed by atoms with Gasteiger partial charge in [0.25, 0.3) is 0 Å². The van der Waals surface area contributed by atoms with Gasteiger partial charge in [-0.15, -0.1) is 0 Å². The van der Waals surface area contributed by atoms with Crippen molar-refractivity contribution in [2.75, 3.05) is 13.2 Å². The minimum absolute atomic E-state index is 0.109. The van der Waals surface area contributed by atoms with Crippen molar-refractivity contribution in [2.24, 2.45) is 0 Å². The van der Waals surface area contributed by atoms with Gasteiger partial charge in [0, 0.05) is 19.3 Å². The molecule has 0 saturated carbocycles. The maximum atomic E-state index is 12.6. The van der Waals surface area contributed by atoms with Gasteiger partial charge in [0.2, 0.25) is 0 Å². The first-order chi connectivity index (χ1) is 25.0. The first kappa shape index (κ1) is 47.8. The Hall–Kier alpha value is -3.15. The van der Waals surface area contributed by atoms with E-state index < -0.39 is 6.10 Å². The highest BCUT2D eigenvalue weighted by Crippen LogP contribution is 2.11. The smallest absolute Gasteiger partial charge is 0.306 e. The number of carbonyl (C=O) groups is 3. The van der Waals surface area contributed by atoms with Crippen LogP contribution in [0.3, 0.4) is 0 Å². The summed E-state index contributed by atoms with van der Waals surface area (Å²) in [7, 11) is 0. The summed E-state index contributed by atoms with van der Waals surface area (Å²) in [6.07, 6.45) is 47.6. The summed E-state index contributed by atoms with van der Waals surface area (Å²) in [5, 5.41) is 0. The van der Waals surface area contributed by atoms with E-state index in [0.717, 1.165) is 70.6 Å². The monoisotopic (exact) mass is 711 g/mol. The first-order valence-corrected chi connectivity index (χ1v) is 20.5. The second kappa shape index (κ2) is 39.6. The minimum Gasteiger partial charge on any atom is -0.462 e. The molecule has 0 N–H and O–H groups in total. The Morgan fingerprint density at radius 2 is 0.804 bits per heavy atom. The van der Waals surface area contributed by atoms with Crippen molar-refractivity contribution < 1.29 is 28.6 Å². The topological polar surface area (TPSA) is 78.9 Å². The van der Waals surface area contributed by atoms with E-state index in [9.17, 15) is 14.4 Å². The van der Waals surface area contributed by atoms with Crippen LogP contribution >= 0.6 is 0 Å². The van der Waals surface area contributed by atoms with Crippen LogP contribution < -0.4 is 0 Å². The van der Waals surface area contributed by atoms with E-state index in [0.29, 0.717) is 25.7 Å². The van der Waals surface area contributed by atoms with Crippen molar-refractivity contribution in [1.82, 2.24) is 0 Å². The molecular weight excluding hydrogens is 636 g/mol. The van der Waals surface area contributed by atoms with Crippen molar-refractivity contribution in [3.8, 4) is 0 Å². The number of unbranched alkanes of at least 4 members (excludes halogenated alkanes) is 15. The Morgan fingerprint density at radius 1 is 0.412 bits per heavy atom. The van der Waals surface area contributed by atoms with E-state index in [1.165, 1.54) is 51.4 Å². The number of hydrogen-bond acceptors (Lipinski definition) is 6. The van der Waals surface area contributed by atoms with Crippen molar-refractivity contribution in [3.05, 3.63) is 72.9 Å². The molecule has 6 heteroatoms. The summed E-state index contributed by atoms with van der Waals surface area (Å²) in [5.41, 5.74) is 0. The van der Waals surface area contributed by atoms with Crippen molar-refractivity contribution >= 4 is 17.9 Å². The van der Waals surface area contributed by atoms with Crippen LogP contribution in [0.2, 0.25) is 0 Å². The summed E-state index contributed by atoms with van der Waals surface area (Å²) >= 11 is 0. The van der Waals surface area contributed by atoms with E-state index in [-0.39, 0.29) is 37.5 Å². The molecule has 0 amide bonds. The maximum absolute atomic E-state index is 12.6. The number of hydrogen-bond donors (Lipinski definition) is 0. The molecule has 0 rings (SSSR count). The fourth-order valence-electron chi connectivity index (χ4n) is 5.16. The Bertz CT molecular complexity index is 1000. The quantitative estimate of drug-likeness (QED) is 0.0214. The minimum atomic E-state index is -0.806. The normalized spacial score (nSPS) is 12.8. The van der Waals surface area contributed by atoms with E-state index >= 15 is 0 Å². The highest BCUT2D eigenvalue weighted by molar-refractivity contribution is 5.71. The van der Waals surface area contributed by atoms with Crippen LogP contribution in [0.4, 0.5) is 0 Å². The average Bonchev–Trinajstić information content (AvgIpc) is 3.12. The van der Waals surface area contributed by atoms with Gasteiger partial charge in [-0.05, 0) is 77.0 Å². The molecular formula is C45H74O6. The molecule has 0 aromatic carbocycles. The number of allylic oxidation sites excluding steroid dienone is 12. The SMILES string of the molecule is CC\C=C/C=C\C=C/C=C\CCCCCCCC(=O)OCC(COC(=O)CCC/C=C\CCCCCC)OC(=O)CCC/C=C\CCCCCC. The molecule has 0 aromatic rings. The summed E-state index contributed by atoms with van der Waals surface area (Å²) < 4.78 is 16.5. The lowest BCUT2D eigenvalue weighted by Gasteiger charge is -2.18. The summed E-state index contributed by atoms with van der Waals surface area (Å²) in [6, 6.07) is 0. The zero-order chi connectivity index (χ0) is 37.3. The third-order valence-electron chi connectivity index (χ3n) is 8.26. The van der Waals surface area contributed by atoms with Crippen LogP contribution in [-0.2, 0) is 28.6 Å². The molecule has 1 unspecified atom stereocenters. The van der Waals surface area contributed by atoms with Crippen LogP contribution in [0.15, 0.2) is 72.9 Å². The van der Waals surface area contributed by atoms with Crippen molar-refractivity contribution in [3.63, 3.8) is 0 Å². The molecule has 1 atom stereocenters. The van der Waals surface area contributed by atoms with Gasteiger partial charge >= 0.3 is 17.9 Å². The number of esters is 3. The highest BCUT2D eigenvalue weighted by Gasteiger charge is 2.19.